The van der Waals surface area contributed by atoms with Crippen molar-refractivity contribution in [3.63, 3.8) is 0 Å². The van der Waals surface area contributed by atoms with Gasteiger partial charge in [-0.25, -0.2) is 0 Å². The van der Waals surface area contributed by atoms with Crippen molar-refractivity contribution >= 4 is 17.5 Å². The molecule has 0 spiro atoms. The van der Waals surface area contributed by atoms with Crippen LogP contribution in [0.4, 0.5) is 0 Å². The average Bonchev–Trinajstić information content (AvgIpc) is 2.57. The minimum absolute atomic E-state index is 0.194. The first-order chi connectivity index (χ1) is 10.7. The van der Waals surface area contributed by atoms with Crippen LogP contribution in [0.2, 0.25) is 5.02 Å². The summed E-state index contributed by atoms with van der Waals surface area (Å²) in [6.45, 7) is 4.84. The van der Waals surface area contributed by atoms with E-state index in [-0.39, 0.29) is 5.92 Å². The van der Waals surface area contributed by atoms with Crippen LogP contribution in [0.5, 0.6) is 0 Å². The number of benzene rings is 1. The smallest absolute Gasteiger partial charge is 0.226 e. The molecule has 120 valence electrons. The predicted octanol–water partition coefficient (Wildman–Crippen LogP) is 3.56. The standard InChI is InChI=1S/C18H25ClN2O/c19-17-8-6-15(7-9-17)13-20-10-4-5-16(14-20)18(22)21-11-2-1-3-12-21/h6-9,16H,1-5,10-14H2. The van der Waals surface area contributed by atoms with E-state index in [9.17, 15) is 4.79 Å². The average molecular weight is 321 g/mol. The Balaban J connectivity index is 1.56. The maximum Gasteiger partial charge on any atom is 0.226 e. The van der Waals surface area contributed by atoms with E-state index in [2.05, 4.69) is 21.9 Å². The number of carbonyl (C=O) groups excluding carboxylic acids is 1. The van der Waals surface area contributed by atoms with Gasteiger partial charge in [0.25, 0.3) is 0 Å². The normalized spacial score (nSPS) is 23.5. The third kappa shape index (κ3) is 4.02. The maximum atomic E-state index is 12.7. The molecule has 22 heavy (non-hydrogen) atoms. The van der Waals surface area contributed by atoms with Gasteiger partial charge in [-0.1, -0.05) is 23.7 Å². The Morgan fingerprint density at radius 2 is 1.77 bits per heavy atom. The molecule has 3 rings (SSSR count). The van der Waals surface area contributed by atoms with Gasteiger partial charge in [-0.2, -0.15) is 0 Å². The fourth-order valence-corrected chi connectivity index (χ4v) is 3.75. The topological polar surface area (TPSA) is 23.6 Å². The van der Waals surface area contributed by atoms with E-state index in [4.69, 9.17) is 11.6 Å². The number of hydrogen-bond acceptors (Lipinski definition) is 2. The first-order valence-corrected chi connectivity index (χ1v) is 8.86. The first-order valence-electron chi connectivity index (χ1n) is 8.48. The molecule has 0 aliphatic carbocycles. The second-order valence-electron chi connectivity index (χ2n) is 6.59. The van der Waals surface area contributed by atoms with Crippen molar-refractivity contribution in [2.75, 3.05) is 26.2 Å². The molecule has 2 heterocycles. The molecule has 2 saturated heterocycles. The van der Waals surface area contributed by atoms with Gasteiger partial charge in [-0.05, 0) is 56.3 Å². The van der Waals surface area contributed by atoms with E-state index < -0.39 is 0 Å². The molecule has 1 unspecified atom stereocenters. The molecule has 1 atom stereocenters. The number of amides is 1. The highest BCUT2D eigenvalue weighted by Gasteiger charge is 2.29. The molecule has 1 aromatic carbocycles. The minimum atomic E-state index is 0.194. The van der Waals surface area contributed by atoms with Gasteiger partial charge in [-0.3, -0.25) is 9.69 Å². The lowest BCUT2D eigenvalue weighted by atomic mass is 9.95. The Morgan fingerprint density at radius 3 is 2.50 bits per heavy atom. The zero-order valence-corrected chi connectivity index (χ0v) is 13.9. The number of rotatable bonds is 3. The zero-order chi connectivity index (χ0) is 15.4. The van der Waals surface area contributed by atoms with E-state index in [0.717, 1.165) is 50.6 Å². The highest BCUT2D eigenvalue weighted by Crippen LogP contribution is 2.22. The maximum absolute atomic E-state index is 12.7. The fourth-order valence-electron chi connectivity index (χ4n) is 3.62. The van der Waals surface area contributed by atoms with Crippen LogP contribution < -0.4 is 0 Å². The summed E-state index contributed by atoms with van der Waals surface area (Å²) in [4.78, 5) is 17.2. The summed E-state index contributed by atoms with van der Waals surface area (Å²) in [5, 5.41) is 0.778. The second kappa shape index (κ2) is 7.47. The summed E-state index contributed by atoms with van der Waals surface area (Å²) in [6, 6.07) is 8.05. The van der Waals surface area contributed by atoms with E-state index >= 15 is 0 Å². The Hall–Kier alpha value is -1.06. The van der Waals surface area contributed by atoms with Crippen LogP contribution in [-0.4, -0.2) is 41.9 Å². The summed E-state index contributed by atoms with van der Waals surface area (Å²) >= 11 is 5.94. The summed E-state index contributed by atoms with van der Waals surface area (Å²) < 4.78 is 0. The van der Waals surface area contributed by atoms with Crippen LogP contribution in [0.15, 0.2) is 24.3 Å². The van der Waals surface area contributed by atoms with Crippen LogP contribution in [0.25, 0.3) is 0 Å². The molecular weight excluding hydrogens is 296 g/mol. The number of halogens is 1. The Labute approximate surface area is 138 Å². The molecule has 1 aromatic rings. The van der Waals surface area contributed by atoms with Crippen LogP contribution in [0.3, 0.4) is 0 Å². The quantitative estimate of drug-likeness (QED) is 0.850. The summed E-state index contributed by atoms with van der Waals surface area (Å²) in [5.74, 6) is 0.583. The number of nitrogens with zero attached hydrogens (tertiary/aromatic N) is 2. The van der Waals surface area contributed by atoms with Gasteiger partial charge < -0.3 is 4.90 Å². The van der Waals surface area contributed by atoms with Crippen molar-refractivity contribution < 1.29 is 4.79 Å². The predicted molar refractivity (Wildman–Crippen MR) is 89.9 cm³/mol. The van der Waals surface area contributed by atoms with Gasteiger partial charge in [0, 0.05) is 31.2 Å². The van der Waals surface area contributed by atoms with E-state index in [1.165, 1.54) is 24.8 Å². The van der Waals surface area contributed by atoms with Crippen LogP contribution in [-0.2, 0) is 11.3 Å². The van der Waals surface area contributed by atoms with Gasteiger partial charge in [0.1, 0.15) is 0 Å². The lowest BCUT2D eigenvalue weighted by Gasteiger charge is -2.36. The van der Waals surface area contributed by atoms with Crippen LogP contribution in [0.1, 0.15) is 37.7 Å². The fraction of sp³-hybridized carbons (Fsp3) is 0.611. The van der Waals surface area contributed by atoms with Gasteiger partial charge in [0.15, 0.2) is 0 Å². The van der Waals surface area contributed by atoms with Crippen molar-refractivity contribution in [3.8, 4) is 0 Å². The highest BCUT2D eigenvalue weighted by atomic mass is 35.5. The van der Waals surface area contributed by atoms with Crippen LogP contribution >= 0.6 is 11.6 Å². The lowest BCUT2D eigenvalue weighted by Crippen LogP contribution is -2.46. The number of likely N-dealkylation sites (tertiary alicyclic amines) is 2. The van der Waals surface area contributed by atoms with Crippen LogP contribution in [0, 0.1) is 5.92 Å². The monoisotopic (exact) mass is 320 g/mol. The molecule has 0 saturated carbocycles. The van der Waals surface area contributed by atoms with Gasteiger partial charge >= 0.3 is 0 Å². The van der Waals surface area contributed by atoms with Crippen molar-refractivity contribution in [3.05, 3.63) is 34.9 Å². The van der Waals surface area contributed by atoms with Gasteiger partial charge in [0.2, 0.25) is 5.91 Å². The highest BCUT2D eigenvalue weighted by molar-refractivity contribution is 6.30. The first kappa shape index (κ1) is 15.8. The third-order valence-electron chi connectivity index (χ3n) is 4.84. The van der Waals surface area contributed by atoms with Crippen molar-refractivity contribution in [1.82, 2.24) is 9.80 Å². The van der Waals surface area contributed by atoms with Crippen molar-refractivity contribution in [2.24, 2.45) is 5.92 Å². The van der Waals surface area contributed by atoms with E-state index in [1.54, 1.807) is 0 Å². The Bertz CT molecular complexity index is 496. The summed E-state index contributed by atoms with van der Waals surface area (Å²) in [5.41, 5.74) is 1.27. The van der Waals surface area contributed by atoms with E-state index in [0.29, 0.717) is 5.91 Å². The van der Waals surface area contributed by atoms with Crippen molar-refractivity contribution in [1.29, 1.82) is 0 Å². The molecule has 2 fully saturated rings. The SMILES string of the molecule is O=C(C1CCCN(Cc2ccc(Cl)cc2)C1)N1CCCCC1. The lowest BCUT2D eigenvalue weighted by molar-refractivity contribution is -0.138. The minimum Gasteiger partial charge on any atom is -0.342 e. The number of hydrogen-bond donors (Lipinski definition) is 0. The molecule has 0 radical (unpaired) electrons. The Morgan fingerprint density at radius 1 is 1.05 bits per heavy atom. The second-order valence-corrected chi connectivity index (χ2v) is 7.02. The molecule has 2 aliphatic rings. The molecule has 2 aliphatic heterocycles. The number of carbonyl (C=O) groups is 1. The van der Waals surface area contributed by atoms with Gasteiger partial charge in [-0.15, -0.1) is 0 Å². The zero-order valence-electron chi connectivity index (χ0n) is 13.1. The molecule has 0 bridgehead atoms. The molecule has 3 nitrogen and oxygen atoms in total. The third-order valence-corrected chi connectivity index (χ3v) is 5.09. The Kier molecular flexibility index (Phi) is 5.37. The summed E-state index contributed by atoms with van der Waals surface area (Å²) in [6.07, 6.45) is 5.79. The molecule has 0 aromatic heterocycles. The van der Waals surface area contributed by atoms with Crippen molar-refractivity contribution in [2.45, 2.75) is 38.6 Å². The largest absolute Gasteiger partial charge is 0.342 e. The molecular formula is C18H25ClN2O. The molecule has 4 heteroatoms. The van der Waals surface area contributed by atoms with Gasteiger partial charge in [0.05, 0.1) is 5.92 Å². The molecule has 1 amide bonds. The number of piperidine rings is 2. The molecule has 0 N–H and O–H groups in total. The summed E-state index contributed by atoms with van der Waals surface area (Å²) in [7, 11) is 0. The van der Waals surface area contributed by atoms with E-state index in [1.807, 2.05) is 12.1 Å².